The number of rotatable bonds is 9. The Bertz CT molecular complexity index is 476. The first-order chi connectivity index (χ1) is 9.43. The molecule has 1 aromatic rings. The zero-order valence-electron chi connectivity index (χ0n) is 12.3. The lowest BCUT2D eigenvalue weighted by atomic mass is 10.3. The molecule has 0 atom stereocenters. The van der Waals surface area contributed by atoms with Crippen LogP contribution >= 0.6 is 0 Å². The van der Waals surface area contributed by atoms with Crippen LogP contribution in [0.3, 0.4) is 0 Å². The zero-order chi connectivity index (χ0) is 15.0. The highest BCUT2D eigenvalue weighted by Gasteiger charge is 2.18. The van der Waals surface area contributed by atoms with E-state index in [9.17, 15) is 8.42 Å². The molecule has 0 aliphatic carbocycles. The molecule has 1 aromatic heterocycles. The van der Waals surface area contributed by atoms with E-state index >= 15 is 0 Å². The minimum absolute atomic E-state index is 0.0452. The average molecular weight is 300 g/mol. The molecule has 2 N–H and O–H groups in total. The van der Waals surface area contributed by atoms with Crippen LogP contribution < -0.4 is 10.0 Å². The summed E-state index contributed by atoms with van der Waals surface area (Å²) in [6, 6.07) is 3.85. The summed E-state index contributed by atoms with van der Waals surface area (Å²) < 4.78 is 27.5. The second kappa shape index (κ2) is 8.31. The Kier molecular flexibility index (Phi) is 7.08. The summed E-state index contributed by atoms with van der Waals surface area (Å²) in [5.41, 5.74) is 1.12. The number of hydrogen-bond donors (Lipinski definition) is 2. The Hall–Kier alpha value is -1.02. The quantitative estimate of drug-likeness (QED) is 0.660. The zero-order valence-corrected chi connectivity index (χ0v) is 13.2. The van der Waals surface area contributed by atoms with Crippen molar-refractivity contribution in [1.29, 1.82) is 0 Å². The van der Waals surface area contributed by atoms with E-state index in [1.165, 1.54) is 4.31 Å². The summed E-state index contributed by atoms with van der Waals surface area (Å²) in [5, 5.41) is 3.25. The minimum atomic E-state index is -3.35. The molecule has 7 heteroatoms. The van der Waals surface area contributed by atoms with Gasteiger partial charge < -0.3 is 5.32 Å². The second-order valence-corrected chi connectivity index (χ2v) is 6.72. The van der Waals surface area contributed by atoms with Gasteiger partial charge in [0.1, 0.15) is 0 Å². The van der Waals surface area contributed by atoms with E-state index in [4.69, 9.17) is 0 Å². The third-order valence-corrected chi connectivity index (χ3v) is 4.72. The van der Waals surface area contributed by atoms with Crippen molar-refractivity contribution in [1.82, 2.24) is 19.3 Å². The number of pyridine rings is 1. The Morgan fingerprint density at radius 2 is 2.10 bits per heavy atom. The lowest BCUT2D eigenvalue weighted by molar-refractivity contribution is 0.402. The Morgan fingerprint density at radius 3 is 2.70 bits per heavy atom. The topological polar surface area (TPSA) is 74.3 Å². The SMILES string of the molecule is CC(C)N(C)S(=O)(=O)NCCCNCc1cccnc1. The largest absolute Gasteiger partial charge is 0.313 e. The Balaban J connectivity index is 2.16. The number of hydrogen-bond acceptors (Lipinski definition) is 4. The van der Waals surface area contributed by atoms with Crippen LogP contribution in [0.15, 0.2) is 24.5 Å². The van der Waals surface area contributed by atoms with Gasteiger partial charge >= 0.3 is 0 Å². The fourth-order valence-corrected chi connectivity index (χ4v) is 2.69. The van der Waals surface area contributed by atoms with Crippen molar-refractivity contribution in [2.24, 2.45) is 0 Å². The maximum Gasteiger partial charge on any atom is 0.279 e. The van der Waals surface area contributed by atoms with Gasteiger partial charge in [-0.2, -0.15) is 12.7 Å². The van der Waals surface area contributed by atoms with Gasteiger partial charge in [0.2, 0.25) is 0 Å². The molecule has 20 heavy (non-hydrogen) atoms. The van der Waals surface area contributed by atoms with Crippen molar-refractivity contribution < 1.29 is 8.42 Å². The summed E-state index contributed by atoms with van der Waals surface area (Å²) in [6.07, 6.45) is 4.29. The van der Waals surface area contributed by atoms with Gasteiger partial charge in [0.25, 0.3) is 10.2 Å². The van der Waals surface area contributed by atoms with Gasteiger partial charge in [-0.05, 0) is 38.4 Å². The van der Waals surface area contributed by atoms with E-state index in [1.807, 2.05) is 32.2 Å². The highest BCUT2D eigenvalue weighted by Crippen LogP contribution is 2.00. The molecule has 0 saturated heterocycles. The standard InChI is InChI=1S/C13H24N4O2S/c1-12(2)17(3)20(18,19)16-9-5-8-15-11-13-6-4-7-14-10-13/h4,6-7,10,12,15-16H,5,8-9,11H2,1-3H3. The van der Waals surface area contributed by atoms with Crippen molar-refractivity contribution in [3.05, 3.63) is 30.1 Å². The highest BCUT2D eigenvalue weighted by atomic mass is 32.2. The summed E-state index contributed by atoms with van der Waals surface area (Å²) >= 11 is 0. The fourth-order valence-electron chi connectivity index (χ4n) is 1.53. The van der Waals surface area contributed by atoms with E-state index in [-0.39, 0.29) is 6.04 Å². The molecule has 0 saturated carbocycles. The summed E-state index contributed by atoms with van der Waals surface area (Å²) in [5.74, 6) is 0. The third-order valence-electron chi connectivity index (χ3n) is 2.97. The molecule has 0 aliphatic rings. The predicted molar refractivity (Wildman–Crippen MR) is 80.4 cm³/mol. The van der Waals surface area contributed by atoms with Gasteiger partial charge in [0.05, 0.1) is 0 Å². The molecule has 0 aliphatic heterocycles. The maximum absolute atomic E-state index is 11.8. The van der Waals surface area contributed by atoms with Gasteiger partial charge in [-0.15, -0.1) is 0 Å². The lowest BCUT2D eigenvalue weighted by Crippen LogP contribution is -2.42. The predicted octanol–water partition coefficient (Wildman–Crippen LogP) is 0.736. The smallest absolute Gasteiger partial charge is 0.279 e. The molecule has 114 valence electrons. The molecule has 0 radical (unpaired) electrons. The van der Waals surface area contributed by atoms with Crippen molar-refractivity contribution in [2.75, 3.05) is 20.1 Å². The maximum atomic E-state index is 11.8. The van der Waals surface area contributed by atoms with Gasteiger partial charge in [0.15, 0.2) is 0 Å². The Labute approximate surface area is 121 Å². The molecular weight excluding hydrogens is 276 g/mol. The van der Waals surface area contributed by atoms with Gasteiger partial charge in [-0.25, -0.2) is 4.72 Å². The molecule has 0 unspecified atom stereocenters. The van der Waals surface area contributed by atoms with Crippen LogP contribution in [-0.4, -0.2) is 43.9 Å². The first-order valence-corrected chi connectivity index (χ1v) is 8.19. The third kappa shape index (κ3) is 5.96. The molecule has 0 aromatic carbocycles. The van der Waals surface area contributed by atoms with Crippen molar-refractivity contribution in [2.45, 2.75) is 32.9 Å². The van der Waals surface area contributed by atoms with E-state index in [0.717, 1.165) is 25.1 Å². The number of nitrogens with one attached hydrogen (secondary N) is 2. The van der Waals surface area contributed by atoms with Crippen LogP contribution in [0.25, 0.3) is 0 Å². The summed E-state index contributed by atoms with van der Waals surface area (Å²) in [4.78, 5) is 4.03. The van der Waals surface area contributed by atoms with E-state index in [2.05, 4.69) is 15.0 Å². The molecule has 0 fully saturated rings. The van der Waals surface area contributed by atoms with Crippen LogP contribution in [0.4, 0.5) is 0 Å². The van der Waals surface area contributed by atoms with Crippen molar-refractivity contribution in [3.8, 4) is 0 Å². The van der Waals surface area contributed by atoms with Crippen LogP contribution in [0, 0.1) is 0 Å². The molecule has 1 rings (SSSR count). The first-order valence-electron chi connectivity index (χ1n) is 6.75. The van der Waals surface area contributed by atoms with Gasteiger partial charge in [-0.1, -0.05) is 6.07 Å². The molecule has 1 heterocycles. The van der Waals surface area contributed by atoms with Crippen molar-refractivity contribution in [3.63, 3.8) is 0 Å². The van der Waals surface area contributed by atoms with Crippen LogP contribution in [0.5, 0.6) is 0 Å². The van der Waals surface area contributed by atoms with Gasteiger partial charge in [0, 0.05) is 38.6 Å². The molecular formula is C13H24N4O2S. The summed E-state index contributed by atoms with van der Waals surface area (Å²) in [7, 11) is -1.78. The highest BCUT2D eigenvalue weighted by molar-refractivity contribution is 7.87. The Morgan fingerprint density at radius 1 is 1.35 bits per heavy atom. The van der Waals surface area contributed by atoms with E-state index in [1.54, 1.807) is 13.2 Å². The average Bonchev–Trinajstić information content (AvgIpc) is 2.42. The van der Waals surface area contributed by atoms with Crippen LogP contribution in [0.2, 0.25) is 0 Å². The number of aromatic nitrogens is 1. The lowest BCUT2D eigenvalue weighted by Gasteiger charge is -2.21. The normalized spacial score (nSPS) is 12.2. The summed E-state index contributed by atoms with van der Waals surface area (Å²) in [6.45, 7) is 5.61. The molecule has 0 amide bonds. The van der Waals surface area contributed by atoms with E-state index < -0.39 is 10.2 Å². The second-order valence-electron chi connectivity index (χ2n) is 4.90. The van der Waals surface area contributed by atoms with Crippen molar-refractivity contribution >= 4 is 10.2 Å². The van der Waals surface area contributed by atoms with Crippen LogP contribution in [0.1, 0.15) is 25.8 Å². The fraction of sp³-hybridized carbons (Fsp3) is 0.615. The molecule has 6 nitrogen and oxygen atoms in total. The molecule has 0 bridgehead atoms. The van der Waals surface area contributed by atoms with E-state index in [0.29, 0.717) is 6.54 Å². The monoisotopic (exact) mass is 300 g/mol. The minimum Gasteiger partial charge on any atom is -0.313 e. The van der Waals surface area contributed by atoms with Crippen LogP contribution in [-0.2, 0) is 16.8 Å². The first kappa shape index (κ1) is 17.0. The van der Waals surface area contributed by atoms with Gasteiger partial charge in [-0.3, -0.25) is 4.98 Å². The molecule has 0 spiro atoms. The number of nitrogens with zero attached hydrogens (tertiary/aromatic N) is 2.